The highest BCUT2D eigenvalue weighted by Gasteiger charge is 2.55. The third kappa shape index (κ3) is 4.98. The van der Waals surface area contributed by atoms with Crippen molar-refractivity contribution in [3.05, 3.63) is 17.8 Å². The van der Waals surface area contributed by atoms with Crippen LogP contribution in [0.25, 0.3) is 6.20 Å². The molecule has 4 bridgehead atoms. The first-order valence-corrected chi connectivity index (χ1v) is 13.1. The number of carbonyl (C=O) groups excluding carboxylic acids is 2. The van der Waals surface area contributed by atoms with Crippen LogP contribution in [0, 0.1) is 17.8 Å². The predicted molar refractivity (Wildman–Crippen MR) is 133 cm³/mol. The first kappa shape index (κ1) is 24.3. The number of hydrogen-bond donors (Lipinski definition) is 3. The van der Waals surface area contributed by atoms with Crippen molar-refractivity contribution in [3.63, 3.8) is 0 Å². The van der Waals surface area contributed by atoms with E-state index < -0.39 is 11.1 Å². The molecule has 2 amide bonds. The third-order valence-electron chi connectivity index (χ3n) is 8.28. The van der Waals surface area contributed by atoms with Gasteiger partial charge < -0.3 is 25.4 Å². The number of rotatable bonds is 7. The average molecular weight is 486 g/mol. The number of anilines is 1. The summed E-state index contributed by atoms with van der Waals surface area (Å²) in [5, 5.41) is 21.8. The molecule has 35 heavy (non-hydrogen) atoms. The number of hydrogen-bond acceptors (Lipinski definition) is 6. The van der Waals surface area contributed by atoms with E-state index in [0.29, 0.717) is 56.0 Å². The van der Waals surface area contributed by atoms with Crippen molar-refractivity contribution in [2.24, 2.45) is 17.8 Å². The summed E-state index contributed by atoms with van der Waals surface area (Å²) in [5.74, 6) is 1.92. The van der Waals surface area contributed by atoms with Gasteiger partial charge in [-0.3, -0.25) is 9.59 Å². The predicted octanol–water partition coefficient (Wildman–Crippen LogP) is 2.16. The summed E-state index contributed by atoms with van der Waals surface area (Å²) in [4.78, 5) is 27.7. The lowest BCUT2D eigenvalue weighted by Gasteiger charge is -2.58. The molecular formula is C26H39N5O4. The maximum atomic E-state index is 13.6. The van der Waals surface area contributed by atoms with E-state index in [0.717, 1.165) is 37.9 Å². The molecule has 4 saturated carbocycles. The highest BCUT2D eigenvalue weighted by molar-refractivity contribution is 5.99. The standard InChI is InChI=1S/C26H39N5O4/c1-4-21(32)29-25(2,3)5-6-31-24(30-7-9-35-10-8-30)20(16-27-31)23(33)28-22-18-11-17-12-19(22)15-26(34,13-17)14-18/h5-6,16-19,22,34H,4,7-15H2,1-3H3,(H,28,33)(H,29,32). The smallest absolute Gasteiger partial charge is 0.256 e. The summed E-state index contributed by atoms with van der Waals surface area (Å²) in [6, 6.07) is 0.110. The van der Waals surface area contributed by atoms with Crippen molar-refractivity contribution in [1.82, 2.24) is 20.4 Å². The zero-order valence-corrected chi connectivity index (χ0v) is 21.1. The topological polar surface area (TPSA) is 109 Å². The molecule has 2 heterocycles. The van der Waals surface area contributed by atoms with Crippen molar-refractivity contribution in [1.29, 1.82) is 0 Å². The van der Waals surface area contributed by atoms with Gasteiger partial charge in [-0.1, -0.05) is 6.92 Å². The van der Waals surface area contributed by atoms with E-state index in [1.165, 1.54) is 0 Å². The summed E-state index contributed by atoms with van der Waals surface area (Å²) in [6.45, 7) is 8.25. The molecule has 2 unspecified atom stereocenters. The second kappa shape index (κ2) is 9.24. The van der Waals surface area contributed by atoms with Crippen LogP contribution in [0.5, 0.6) is 0 Å². The van der Waals surface area contributed by atoms with Gasteiger partial charge >= 0.3 is 0 Å². The van der Waals surface area contributed by atoms with Crippen LogP contribution >= 0.6 is 0 Å². The fraction of sp³-hybridized carbons (Fsp3) is 0.731. The highest BCUT2D eigenvalue weighted by Crippen LogP contribution is 2.55. The van der Waals surface area contributed by atoms with Gasteiger partial charge in [0.1, 0.15) is 11.4 Å². The van der Waals surface area contributed by atoms with E-state index >= 15 is 0 Å². The molecule has 9 nitrogen and oxygen atoms in total. The number of morpholine rings is 1. The Morgan fingerprint density at radius 1 is 1.23 bits per heavy atom. The van der Waals surface area contributed by atoms with E-state index in [-0.39, 0.29) is 17.9 Å². The zero-order chi connectivity index (χ0) is 24.8. The number of nitrogens with one attached hydrogen (secondary N) is 2. The fourth-order valence-corrected chi connectivity index (χ4v) is 6.91. The van der Waals surface area contributed by atoms with Crippen molar-refractivity contribution in [2.45, 2.75) is 76.5 Å². The number of amides is 2. The molecular weight excluding hydrogens is 446 g/mol. The lowest BCUT2D eigenvalue weighted by molar-refractivity contribution is -0.136. The summed E-state index contributed by atoms with van der Waals surface area (Å²) >= 11 is 0. The Kier molecular flexibility index (Phi) is 6.42. The Morgan fingerprint density at radius 2 is 1.91 bits per heavy atom. The minimum atomic E-state index is -0.551. The van der Waals surface area contributed by atoms with Crippen LogP contribution in [-0.2, 0) is 9.53 Å². The number of ether oxygens (including phenoxy) is 1. The molecule has 192 valence electrons. The Hall–Kier alpha value is -2.39. The normalized spacial score (nSPS) is 32.3. The number of carbonyl (C=O) groups is 2. The van der Waals surface area contributed by atoms with Crippen LogP contribution in [0.1, 0.15) is 69.7 Å². The summed E-state index contributed by atoms with van der Waals surface area (Å²) in [5.41, 5.74) is -0.518. The van der Waals surface area contributed by atoms with Crippen molar-refractivity contribution < 1.29 is 19.4 Å². The first-order valence-electron chi connectivity index (χ1n) is 13.1. The zero-order valence-electron chi connectivity index (χ0n) is 21.1. The molecule has 6 rings (SSSR count). The monoisotopic (exact) mass is 485 g/mol. The Morgan fingerprint density at radius 3 is 2.54 bits per heavy atom. The van der Waals surface area contributed by atoms with Gasteiger partial charge in [-0.15, -0.1) is 0 Å². The van der Waals surface area contributed by atoms with Gasteiger partial charge in [0.25, 0.3) is 5.91 Å². The van der Waals surface area contributed by atoms with Crippen LogP contribution in [0.2, 0.25) is 0 Å². The van der Waals surface area contributed by atoms with Crippen LogP contribution < -0.4 is 15.5 Å². The minimum Gasteiger partial charge on any atom is -0.390 e. The molecule has 5 fully saturated rings. The van der Waals surface area contributed by atoms with Gasteiger partial charge in [0, 0.05) is 31.8 Å². The molecule has 3 N–H and O–H groups in total. The largest absolute Gasteiger partial charge is 0.390 e. The van der Waals surface area contributed by atoms with Crippen LogP contribution in [-0.4, -0.2) is 70.2 Å². The van der Waals surface area contributed by atoms with Gasteiger partial charge in [-0.2, -0.15) is 5.10 Å². The molecule has 5 aliphatic rings. The minimum absolute atomic E-state index is 0.0195. The molecule has 0 radical (unpaired) electrons. The van der Waals surface area contributed by atoms with E-state index in [4.69, 9.17) is 4.74 Å². The molecule has 0 spiro atoms. The molecule has 9 heteroatoms. The maximum Gasteiger partial charge on any atom is 0.256 e. The van der Waals surface area contributed by atoms with Gasteiger partial charge in [0.2, 0.25) is 5.91 Å². The van der Waals surface area contributed by atoms with E-state index in [2.05, 4.69) is 20.6 Å². The van der Waals surface area contributed by atoms with Crippen LogP contribution in [0.4, 0.5) is 5.82 Å². The molecule has 4 aliphatic carbocycles. The Bertz CT molecular complexity index is 980. The van der Waals surface area contributed by atoms with E-state index in [1.807, 2.05) is 33.0 Å². The van der Waals surface area contributed by atoms with E-state index in [1.54, 1.807) is 10.9 Å². The van der Waals surface area contributed by atoms with Crippen molar-refractivity contribution >= 4 is 23.8 Å². The molecule has 1 aliphatic heterocycles. The number of aromatic nitrogens is 2. The quantitative estimate of drug-likeness (QED) is 0.546. The van der Waals surface area contributed by atoms with E-state index in [9.17, 15) is 14.7 Å². The van der Waals surface area contributed by atoms with Crippen LogP contribution in [0.3, 0.4) is 0 Å². The summed E-state index contributed by atoms with van der Waals surface area (Å²) < 4.78 is 7.28. The third-order valence-corrected chi connectivity index (χ3v) is 8.28. The molecule has 1 aromatic rings. The van der Waals surface area contributed by atoms with Crippen molar-refractivity contribution in [2.75, 3.05) is 31.2 Å². The lowest BCUT2D eigenvalue weighted by atomic mass is 9.52. The second-order valence-corrected chi connectivity index (χ2v) is 11.6. The second-order valence-electron chi connectivity index (χ2n) is 11.6. The first-order chi connectivity index (χ1) is 16.7. The number of aliphatic hydroxyl groups is 1. The fourth-order valence-electron chi connectivity index (χ4n) is 6.91. The lowest BCUT2D eigenvalue weighted by Crippen LogP contribution is -2.61. The Labute approximate surface area is 207 Å². The van der Waals surface area contributed by atoms with Gasteiger partial charge in [-0.25, -0.2) is 4.68 Å². The van der Waals surface area contributed by atoms with Crippen molar-refractivity contribution in [3.8, 4) is 0 Å². The average Bonchev–Trinajstić information content (AvgIpc) is 3.23. The van der Waals surface area contributed by atoms with Gasteiger partial charge in [-0.05, 0) is 69.8 Å². The van der Waals surface area contributed by atoms with Crippen LogP contribution in [0.15, 0.2) is 12.3 Å². The number of nitrogens with zero attached hydrogens (tertiary/aromatic N) is 3. The maximum absolute atomic E-state index is 13.6. The summed E-state index contributed by atoms with van der Waals surface area (Å²) in [7, 11) is 0. The molecule has 0 aromatic carbocycles. The molecule has 1 saturated heterocycles. The SMILES string of the molecule is CCC(=O)NC(C)(C)C=Cn1ncc(C(=O)NC2C3CC4CC2CC(O)(C4)C3)c1N1CCOCC1. The molecule has 1 aromatic heterocycles. The summed E-state index contributed by atoms with van der Waals surface area (Å²) in [6.07, 6.45) is 10.5. The Balaban J connectivity index is 1.38. The van der Waals surface area contributed by atoms with Gasteiger partial charge in [0.05, 0.1) is 30.6 Å². The van der Waals surface area contributed by atoms with Gasteiger partial charge in [0.15, 0.2) is 0 Å². The highest BCUT2D eigenvalue weighted by atomic mass is 16.5. The molecule has 2 atom stereocenters.